The molecule has 0 bridgehead atoms. The van der Waals surface area contributed by atoms with E-state index in [1.165, 1.54) is 49.4 Å². The van der Waals surface area contributed by atoms with Crippen LogP contribution >= 0.6 is 0 Å². The summed E-state index contributed by atoms with van der Waals surface area (Å²) in [5, 5.41) is 5.05. The predicted molar refractivity (Wildman–Crippen MR) is 200 cm³/mol. The molecule has 0 unspecified atom stereocenters. The molecule has 2 aliphatic rings. The third-order valence-corrected chi connectivity index (χ3v) is 11.4. The number of hydrogen-bond donors (Lipinski definition) is 0. The van der Waals surface area contributed by atoms with Gasteiger partial charge in [0.25, 0.3) is 0 Å². The van der Waals surface area contributed by atoms with E-state index in [4.69, 9.17) is 18.6 Å². The number of fused-ring (bicyclic) bond motifs is 2. The summed E-state index contributed by atoms with van der Waals surface area (Å²) in [7, 11) is -0.702. The van der Waals surface area contributed by atoms with Crippen molar-refractivity contribution >= 4 is 41.2 Å². The van der Waals surface area contributed by atoms with E-state index >= 15 is 0 Å². The fourth-order valence-electron chi connectivity index (χ4n) is 7.26. The fraction of sp³-hybridized carbons (Fsp3) is 0.512. The second-order valence-electron chi connectivity index (χ2n) is 15.8. The van der Waals surface area contributed by atoms with Crippen molar-refractivity contribution in [3.05, 3.63) is 77.4 Å². The molecule has 4 nitrogen and oxygen atoms in total. The Labute approximate surface area is 284 Å². The largest absolute Gasteiger partial charge is 0.495 e. The van der Waals surface area contributed by atoms with Gasteiger partial charge in [-0.2, -0.15) is 0 Å². The van der Waals surface area contributed by atoms with Gasteiger partial charge in [-0.1, -0.05) is 87.4 Å². The first-order chi connectivity index (χ1) is 22.2. The van der Waals surface area contributed by atoms with E-state index in [1.54, 1.807) is 0 Å². The van der Waals surface area contributed by atoms with E-state index in [0.29, 0.717) is 0 Å². The third-order valence-electron chi connectivity index (χ3n) is 11.4. The SMILES string of the molecule is CCCCc1cc(CB2OC(C)(C)C(C)(C)O2)c2ccccc2c1-c1c(CCCC)cc(B2OC(C)(C)C(C)(C)O2)c2ccccc12. The van der Waals surface area contributed by atoms with Crippen molar-refractivity contribution in [1.82, 2.24) is 0 Å². The van der Waals surface area contributed by atoms with Gasteiger partial charge in [0.1, 0.15) is 0 Å². The molecule has 2 aliphatic heterocycles. The average molecular weight is 633 g/mol. The molecule has 0 aliphatic carbocycles. The minimum Gasteiger partial charge on any atom is -0.403 e. The van der Waals surface area contributed by atoms with E-state index in [-0.39, 0.29) is 18.3 Å². The second kappa shape index (κ2) is 12.7. The Morgan fingerprint density at radius 2 is 0.936 bits per heavy atom. The van der Waals surface area contributed by atoms with Crippen LogP contribution in [-0.4, -0.2) is 36.6 Å². The monoisotopic (exact) mass is 632 g/mol. The molecule has 4 aromatic carbocycles. The highest BCUT2D eigenvalue weighted by Gasteiger charge is 2.53. The summed E-state index contributed by atoms with van der Waals surface area (Å²) < 4.78 is 26.4. The highest BCUT2D eigenvalue weighted by molar-refractivity contribution is 6.65. The maximum Gasteiger partial charge on any atom is 0.495 e. The van der Waals surface area contributed by atoms with Gasteiger partial charge in [-0.25, -0.2) is 0 Å². The molecule has 2 saturated heterocycles. The van der Waals surface area contributed by atoms with Crippen LogP contribution in [0.5, 0.6) is 0 Å². The van der Waals surface area contributed by atoms with Crippen LogP contribution < -0.4 is 5.46 Å². The molecule has 0 amide bonds. The van der Waals surface area contributed by atoms with Crippen LogP contribution in [0.4, 0.5) is 0 Å². The van der Waals surface area contributed by atoms with Gasteiger partial charge in [-0.3, -0.25) is 0 Å². The summed E-state index contributed by atoms with van der Waals surface area (Å²) in [6.45, 7) is 21.7. The first-order valence-electron chi connectivity index (χ1n) is 18.0. The van der Waals surface area contributed by atoms with Crippen LogP contribution in [0.3, 0.4) is 0 Å². The average Bonchev–Trinajstić information content (AvgIpc) is 3.36. The standard InChI is InChI=1S/C41H54B2O4/c1-11-13-19-28-25-30(27-42-44-38(3,4)39(5,6)45-42)31-21-15-17-23-33(31)36(28)37-29(20-14-12-2)26-35(32-22-16-18-24-34(32)37)43-46-40(7,8)41(9,10)47-43/h15-18,21-26H,11-14,19-20,27H2,1-10H3. The van der Waals surface area contributed by atoms with Crippen LogP contribution in [0, 0.1) is 0 Å². The van der Waals surface area contributed by atoms with Crippen LogP contribution in [0.25, 0.3) is 32.7 Å². The first-order valence-corrected chi connectivity index (χ1v) is 18.0. The van der Waals surface area contributed by atoms with Crippen LogP contribution in [-0.2, 0) is 37.8 Å². The summed E-state index contributed by atoms with van der Waals surface area (Å²) in [5.74, 6) is 0. The minimum atomic E-state index is -0.419. The van der Waals surface area contributed by atoms with Gasteiger partial charge in [0.05, 0.1) is 22.4 Å². The normalized spacial score (nSPS) is 19.7. The zero-order chi connectivity index (χ0) is 33.8. The van der Waals surface area contributed by atoms with E-state index in [1.807, 2.05) is 0 Å². The van der Waals surface area contributed by atoms with Crippen molar-refractivity contribution in [2.24, 2.45) is 0 Å². The molecule has 248 valence electrons. The summed E-state index contributed by atoms with van der Waals surface area (Å²) in [6, 6.07) is 22.8. The lowest BCUT2D eigenvalue weighted by molar-refractivity contribution is 0.00578. The molecule has 4 aromatic rings. The Balaban J connectivity index is 1.58. The summed E-state index contributed by atoms with van der Waals surface area (Å²) in [5.41, 5.74) is 6.41. The van der Waals surface area contributed by atoms with Gasteiger partial charge in [-0.15, -0.1) is 0 Å². The second-order valence-corrected chi connectivity index (χ2v) is 15.8. The highest BCUT2D eigenvalue weighted by Crippen LogP contribution is 2.44. The molecule has 2 heterocycles. The van der Waals surface area contributed by atoms with Gasteiger partial charge in [0, 0.05) is 6.32 Å². The molecule has 0 atom stereocenters. The summed E-state index contributed by atoms with van der Waals surface area (Å²) in [6.07, 6.45) is 7.27. The maximum atomic E-state index is 6.67. The van der Waals surface area contributed by atoms with E-state index in [9.17, 15) is 0 Å². The highest BCUT2D eigenvalue weighted by atomic mass is 16.7. The minimum absolute atomic E-state index is 0.284. The number of aryl methyl sites for hydroxylation is 2. The van der Waals surface area contributed by atoms with Crippen LogP contribution in [0.2, 0.25) is 0 Å². The Morgan fingerprint density at radius 3 is 1.45 bits per heavy atom. The van der Waals surface area contributed by atoms with E-state index < -0.39 is 18.3 Å². The van der Waals surface area contributed by atoms with Crippen molar-refractivity contribution < 1.29 is 18.6 Å². The summed E-state index contributed by atoms with van der Waals surface area (Å²) in [4.78, 5) is 0. The summed E-state index contributed by atoms with van der Waals surface area (Å²) >= 11 is 0. The van der Waals surface area contributed by atoms with Crippen LogP contribution in [0.15, 0.2) is 60.7 Å². The van der Waals surface area contributed by atoms with Crippen molar-refractivity contribution in [3.8, 4) is 11.1 Å². The smallest absolute Gasteiger partial charge is 0.403 e. The van der Waals surface area contributed by atoms with Crippen molar-refractivity contribution in [2.75, 3.05) is 0 Å². The van der Waals surface area contributed by atoms with E-state index in [2.05, 4.69) is 130 Å². The Kier molecular flexibility index (Phi) is 9.24. The van der Waals surface area contributed by atoms with Crippen LogP contribution in [0.1, 0.15) is 112 Å². The lowest BCUT2D eigenvalue weighted by atomic mass is 9.72. The lowest BCUT2D eigenvalue weighted by Gasteiger charge is -2.32. The zero-order valence-electron chi connectivity index (χ0n) is 30.5. The molecule has 6 rings (SSSR count). The van der Waals surface area contributed by atoms with Gasteiger partial charge in [-0.05, 0) is 136 Å². The molecule has 0 N–H and O–H groups in total. The molecule has 0 radical (unpaired) electrons. The molecule has 2 fully saturated rings. The van der Waals surface area contributed by atoms with E-state index in [0.717, 1.165) is 50.3 Å². The third kappa shape index (κ3) is 6.21. The number of rotatable bonds is 10. The molecule has 6 heteroatoms. The predicted octanol–water partition coefficient (Wildman–Crippen LogP) is 9.82. The van der Waals surface area contributed by atoms with Crippen molar-refractivity contribution in [2.45, 2.75) is 136 Å². The van der Waals surface area contributed by atoms with Gasteiger partial charge < -0.3 is 18.6 Å². The maximum absolute atomic E-state index is 6.67. The molecular formula is C41H54B2O4. The topological polar surface area (TPSA) is 36.9 Å². The molecule has 0 saturated carbocycles. The van der Waals surface area contributed by atoms with Crippen molar-refractivity contribution in [1.29, 1.82) is 0 Å². The molecular weight excluding hydrogens is 578 g/mol. The Morgan fingerprint density at radius 1 is 0.511 bits per heavy atom. The molecule has 47 heavy (non-hydrogen) atoms. The Bertz CT molecular complexity index is 1740. The zero-order valence-corrected chi connectivity index (χ0v) is 30.5. The first kappa shape index (κ1) is 34.2. The Hall–Kier alpha value is -2.63. The number of benzene rings is 4. The van der Waals surface area contributed by atoms with Gasteiger partial charge >= 0.3 is 14.2 Å². The van der Waals surface area contributed by atoms with Gasteiger partial charge in [0.2, 0.25) is 0 Å². The van der Waals surface area contributed by atoms with Gasteiger partial charge in [0.15, 0.2) is 0 Å². The molecule has 0 spiro atoms. The number of hydrogen-bond acceptors (Lipinski definition) is 4. The number of unbranched alkanes of at least 4 members (excludes halogenated alkanes) is 2. The quantitative estimate of drug-likeness (QED) is 0.163. The fourth-order valence-corrected chi connectivity index (χ4v) is 7.26. The molecule has 0 aromatic heterocycles. The van der Waals surface area contributed by atoms with Crippen molar-refractivity contribution in [3.63, 3.8) is 0 Å². The lowest BCUT2D eigenvalue weighted by Crippen LogP contribution is -2.41.